The summed E-state index contributed by atoms with van der Waals surface area (Å²) < 4.78 is 5.57. The van der Waals surface area contributed by atoms with Gasteiger partial charge >= 0.3 is 11.8 Å². The fourth-order valence-corrected chi connectivity index (χ4v) is 3.19. The van der Waals surface area contributed by atoms with Gasteiger partial charge in [0.05, 0.1) is 18.9 Å². The summed E-state index contributed by atoms with van der Waals surface area (Å²) in [6.45, 7) is 1.71. The molecule has 0 spiro atoms. The highest BCUT2D eigenvalue weighted by Crippen LogP contribution is 2.27. The molecule has 0 fully saturated rings. The van der Waals surface area contributed by atoms with Crippen LogP contribution in [-0.4, -0.2) is 48.1 Å². The summed E-state index contributed by atoms with van der Waals surface area (Å²) in [6, 6.07) is 11.9. The Morgan fingerprint density at radius 1 is 1.12 bits per heavy atom. The first kappa shape index (κ1) is 18.2. The maximum Gasteiger partial charge on any atom is 0.309 e. The van der Waals surface area contributed by atoms with Crippen LogP contribution in [0.1, 0.15) is 22.9 Å². The Bertz CT molecular complexity index is 745. The van der Waals surface area contributed by atoms with E-state index in [9.17, 15) is 9.59 Å². The molecule has 3 rings (SSSR count). The molecule has 26 heavy (non-hydrogen) atoms. The molecule has 2 heterocycles. The highest BCUT2D eigenvalue weighted by Gasteiger charge is 2.27. The Kier molecular flexibility index (Phi) is 6.04. The van der Waals surface area contributed by atoms with Crippen LogP contribution in [0.4, 0.5) is 0 Å². The zero-order valence-electron chi connectivity index (χ0n) is 14.5. The monoisotopic (exact) mass is 357 g/mol. The van der Waals surface area contributed by atoms with Gasteiger partial charge in [0.15, 0.2) is 0 Å². The van der Waals surface area contributed by atoms with Crippen molar-refractivity contribution >= 4 is 11.8 Å². The van der Waals surface area contributed by atoms with Gasteiger partial charge in [-0.2, -0.15) is 0 Å². The quantitative estimate of drug-likeness (QED) is 0.658. The maximum absolute atomic E-state index is 12.0. The van der Waals surface area contributed by atoms with Crippen molar-refractivity contribution in [2.24, 2.45) is 0 Å². The third-order valence-corrected chi connectivity index (χ3v) is 4.53. The summed E-state index contributed by atoms with van der Waals surface area (Å²) >= 11 is 0. The minimum Gasteiger partial charge on any atom is -0.468 e. The Morgan fingerprint density at radius 3 is 2.62 bits per heavy atom. The Balaban J connectivity index is 1.67. The summed E-state index contributed by atoms with van der Waals surface area (Å²) in [5.41, 5.74) is 2.61. The lowest BCUT2D eigenvalue weighted by molar-refractivity contribution is -0.139. The number of furan rings is 1. The molecule has 1 aromatic carbocycles. The van der Waals surface area contributed by atoms with Gasteiger partial charge in [0.1, 0.15) is 5.76 Å². The molecule has 1 aromatic heterocycles. The third-order valence-electron chi connectivity index (χ3n) is 4.53. The number of aliphatic hydroxyl groups is 1. The van der Waals surface area contributed by atoms with Crippen molar-refractivity contribution in [3.05, 3.63) is 59.5 Å². The van der Waals surface area contributed by atoms with E-state index >= 15 is 0 Å². The van der Waals surface area contributed by atoms with E-state index in [0.717, 1.165) is 25.3 Å². The summed E-state index contributed by atoms with van der Waals surface area (Å²) in [6.07, 6.45) is 2.54. The second-order valence-electron chi connectivity index (χ2n) is 6.21. The van der Waals surface area contributed by atoms with Gasteiger partial charge in [0.2, 0.25) is 0 Å². The van der Waals surface area contributed by atoms with E-state index in [2.05, 4.69) is 27.7 Å². The molecule has 1 aliphatic rings. The van der Waals surface area contributed by atoms with Crippen LogP contribution >= 0.6 is 0 Å². The normalized spacial score (nSPS) is 15.1. The van der Waals surface area contributed by atoms with Crippen LogP contribution in [-0.2, 0) is 22.6 Å². The number of fused-ring (bicyclic) bond motifs is 1. The summed E-state index contributed by atoms with van der Waals surface area (Å²) in [4.78, 5) is 25.9. The molecule has 2 amide bonds. The van der Waals surface area contributed by atoms with Crippen molar-refractivity contribution in [2.75, 3.05) is 26.2 Å². The predicted octanol–water partition coefficient (Wildman–Crippen LogP) is 0.604. The Labute approximate surface area is 152 Å². The topological polar surface area (TPSA) is 94.8 Å². The number of hydrogen-bond acceptors (Lipinski definition) is 5. The predicted molar refractivity (Wildman–Crippen MR) is 95.1 cm³/mol. The van der Waals surface area contributed by atoms with Gasteiger partial charge in [0, 0.05) is 26.2 Å². The van der Waals surface area contributed by atoms with Crippen LogP contribution in [0.3, 0.4) is 0 Å². The van der Waals surface area contributed by atoms with Gasteiger partial charge in [-0.1, -0.05) is 24.3 Å². The standard InChI is InChI=1S/C19H23N3O4/c23-10-8-20-18(24)19(25)21-12-16(17-6-3-11-26-17)22-9-7-14-4-1-2-5-15(14)13-22/h1-6,11,16,23H,7-10,12-13H2,(H,20,24)(H,21,25)/t16-/m1/s1. The molecule has 7 heteroatoms. The van der Waals surface area contributed by atoms with Crippen LogP contribution in [0.5, 0.6) is 0 Å². The molecule has 0 unspecified atom stereocenters. The lowest BCUT2D eigenvalue weighted by atomic mass is 9.98. The van der Waals surface area contributed by atoms with E-state index in [1.165, 1.54) is 11.1 Å². The number of benzene rings is 1. The van der Waals surface area contributed by atoms with E-state index in [1.54, 1.807) is 6.26 Å². The van der Waals surface area contributed by atoms with Gasteiger partial charge in [-0.3, -0.25) is 14.5 Å². The van der Waals surface area contributed by atoms with E-state index in [-0.39, 0.29) is 25.7 Å². The smallest absolute Gasteiger partial charge is 0.309 e. The molecular weight excluding hydrogens is 334 g/mol. The molecule has 7 nitrogen and oxygen atoms in total. The van der Waals surface area contributed by atoms with Crippen LogP contribution in [0, 0.1) is 0 Å². The molecule has 138 valence electrons. The highest BCUT2D eigenvalue weighted by atomic mass is 16.3. The zero-order valence-corrected chi connectivity index (χ0v) is 14.5. The Hall–Kier alpha value is -2.64. The van der Waals surface area contributed by atoms with E-state index in [4.69, 9.17) is 9.52 Å². The van der Waals surface area contributed by atoms with Crippen molar-refractivity contribution in [2.45, 2.75) is 19.0 Å². The van der Waals surface area contributed by atoms with Crippen molar-refractivity contribution in [3.63, 3.8) is 0 Å². The number of hydrogen-bond donors (Lipinski definition) is 3. The average Bonchev–Trinajstić information content (AvgIpc) is 3.20. The van der Waals surface area contributed by atoms with Gasteiger partial charge in [-0.25, -0.2) is 0 Å². The minimum atomic E-state index is -0.749. The molecule has 0 bridgehead atoms. The summed E-state index contributed by atoms with van der Waals surface area (Å²) in [7, 11) is 0. The molecule has 1 atom stereocenters. The van der Waals surface area contributed by atoms with Gasteiger partial charge < -0.3 is 20.2 Å². The number of aliphatic hydroxyl groups excluding tert-OH is 1. The summed E-state index contributed by atoms with van der Waals surface area (Å²) in [5.74, 6) is -0.714. The Morgan fingerprint density at radius 2 is 1.88 bits per heavy atom. The first-order valence-electron chi connectivity index (χ1n) is 8.70. The molecule has 0 radical (unpaired) electrons. The lowest BCUT2D eigenvalue weighted by Crippen LogP contribution is -2.45. The largest absolute Gasteiger partial charge is 0.468 e. The molecule has 1 aliphatic heterocycles. The summed E-state index contributed by atoms with van der Waals surface area (Å²) in [5, 5.41) is 13.7. The number of nitrogens with one attached hydrogen (secondary N) is 2. The van der Waals surface area contributed by atoms with E-state index < -0.39 is 11.8 Å². The van der Waals surface area contributed by atoms with Crippen molar-refractivity contribution in [3.8, 4) is 0 Å². The van der Waals surface area contributed by atoms with Crippen molar-refractivity contribution < 1.29 is 19.1 Å². The van der Waals surface area contributed by atoms with Crippen LogP contribution in [0.2, 0.25) is 0 Å². The molecular formula is C19H23N3O4. The third kappa shape index (κ3) is 4.30. The SMILES string of the molecule is O=C(NCCO)C(=O)NC[C@H](c1ccco1)N1CCc2ccccc2C1. The zero-order chi connectivity index (χ0) is 18.4. The number of carbonyl (C=O) groups excluding carboxylic acids is 2. The van der Waals surface area contributed by atoms with Gasteiger partial charge in [-0.15, -0.1) is 0 Å². The average molecular weight is 357 g/mol. The first-order valence-corrected chi connectivity index (χ1v) is 8.70. The van der Waals surface area contributed by atoms with Crippen molar-refractivity contribution in [1.29, 1.82) is 0 Å². The minimum absolute atomic E-state index is 0.0524. The maximum atomic E-state index is 12.0. The highest BCUT2D eigenvalue weighted by molar-refractivity contribution is 6.35. The van der Waals surface area contributed by atoms with Gasteiger partial charge in [-0.05, 0) is 29.7 Å². The lowest BCUT2D eigenvalue weighted by Gasteiger charge is -2.34. The second-order valence-corrected chi connectivity index (χ2v) is 6.21. The first-order chi connectivity index (χ1) is 12.7. The van der Waals surface area contributed by atoms with Gasteiger partial charge in [0.25, 0.3) is 0 Å². The molecule has 3 N–H and O–H groups in total. The van der Waals surface area contributed by atoms with Crippen LogP contribution < -0.4 is 10.6 Å². The van der Waals surface area contributed by atoms with Crippen LogP contribution in [0.15, 0.2) is 47.1 Å². The molecule has 0 saturated carbocycles. The number of carbonyl (C=O) groups is 2. The fourth-order valence-electron chi connectivity index (χ4n) is 3.19. The number of rotatable bonds is 6. The van der Waals surface area contributed by atoms with Crippen LogP contribution in [0.25, 0.3) is 0 Å². The number of nitrogens with zero attached hydrogens (tertiary/aromatic N) is 1. The number of amides is 2. The van der Waals surface area contributed by atoms with Crippen molar-refractivity contribution in [1.82, 2.24) is 15.5 Å². The fraction of sp³-hybridized carbons (Fsp3) is 0.368. The molecule has 2 aromatic rings. The molecule has 0 aliphatic carbocycles. The second kappa shape index (κ2) is 8.64. The van der Waals surface area contributed by atoms with E-state index in [0.29, 0.717) is 0 Å². The molecule has 0 saturated heterocycles. The van der Waals surface area contributed by atoms with E-state index in [1.807, 2.05) is 24.3 Å².